The normalized spacial score (nSPS) is 11.2. The maximum absolute atomic E-state index is 13.5. The van der Waals surface area contributed by atoms with Gasteiger partial charge in [0, 0.05) is 13.2 Å². The largest absolute Gasteiger partial charge is 0.396 e. The third-order valence-corrected chi connectivity index (χ3v) is 3.01. The highest BCUT2D eigenvalue weighted by Crippen LogP contribution is 2.22. The molecule has 0 saturated carbocycles. The van der Waals surface area contributed by atoms with Gasteiger partial charge in [-0.2, -0.15) is 0 Å². The maximum Gasteiger partial charge on any atom is 0.319 e. The molecular weight excluding hydrogens is 271 g/mol. The number of hydrogen-bond donors (Lipinski definition) is 3. The number of halogens is 2. The molecule has 1 rings (SSSR count). The zero-order valence-electron chi connectivity index (χ0n) is 11.0. The van der Waals surface area contributed by atoms with Crippen molar-refractivity contribution in [2.45, 2.75) is 20.3 Å². The van der Waals surface area contributed by atoms with E-state index in [1.54, 1.807) is 6.07 Å². The molecule has 0 saturated heterocycles. The molecule has 0 aliphatic rings. The molecule has 0 radical (unpaired) electrons. The Kier molecular flexibility index (Phi) is 5.57. The summed E-state index contributed by atoms with van der Waals surface area (Å²) in [5.41, 5.74) is -0.191. The molecule has 1 aromatic rings. The predicted molar refractivity (Wildman–Crippen MR) is 73.9 cm³/mol. The lowest BCUT2D eigenvalue weighted by Crippen LogP contribution is -2.37. The molecule has 0 unspecified atom stereocenters. The first-order valence-corrected chi connectivity index (χ1v) is 6.33. The number of anilines is 1. The quantitative estimate of drug-likeness (QED) is 0.780. The van der Waals surface area contributed by atoms with Crippen molar-refractivity contribution >= 4 is 23.3 Å². The Morgan fingerprint density at radius 2 is 2.16 bits per heavy atom. The van der Waals surface area contributed by atoms with Crippen LogP contribution in [-0.4, -0.2) is 24.3 Å². The van der Waals surface area contributed by atoms with Crippen LogP contribution >= 0.6 is 11.6 Å². The standard InChI is InChI=1S/C13H18ClFN2O2/c1-13(2,6-7-18)8-16-12(19)17-10-5-3-4-9(14)11(10)15/h3-5,18H,6-8H2,1-2H3,(H2,16,17,19). The molecule has 3 N–H and O–H groups in total. The minimum atomic E-state index is -0.658. The second-order valence-electron chi connectivity index (χ2n) is 5.05. The summed E-state index contributed by atoms with van der Waals surface area (Å²) < 4.78 is 13.5. The van der Waals surface area contributed by atoms with Gasteiger partial charge in [-0.3, -0.25) is 0 Å². The highest BCUT2D eigenvalue weighted by molar-refractivity contribution is 6.31. The van der Waals surface area contributed by atoms with Gasteiger partial charge in [-0.05, 0) is 24.0 Å². The second kappa shape index (κ2) is 6.73. The molecule has 0 aromatic heterocycles. The summed E-state index contributed by atoms with van der Waals surface area (Å²) in [5.74, 6) is -0.658. The highest BCUT2D eigenvalue weighted by Gasteiger charge is 2.18. The Bertz CT molecular complexity index is 452. The number of benzene rings is 1. The average Bonchev–Trinajstić information content (AvgIpc) is 2.33. The average molecular weight is 289 g/mol. The molecule has 2 amide bonds. The SMILES string of the molecule is CC(C)(CCO)CNC(=O)Nc1cccc(Cl)c1F. The van der Waals surface area contributed by atoms with Crippen LogP contribution in [0.4, 0.5) is 14.9 Å². The lowest BCUT2D eigenvalue weighted by molar-refractivity contribution is 0.204. The Labute approximate surface area is 117 Å². The minimum Gasteiger partial charge on any atom is -0.396 e. The van der Waals surface area contributed by atoms with Gasteiger partial charge in [-0.1, -0.05) is 31.5 Å². The number of hydrogen-bond acceptors (Lipinski definition) is 2. The molecule has 0 fully saturated rings. The van der Waals surface area contributed by atoms with Gasteiger partial charge < -0.3 is 15.7 Å². The van der Waals surface area contributed by atoms with Gasteiger partial charge in [0.2, 0.25) is 0 Å². The third-order valence-electron chi connectivity index (χ3n) is 2.72. The summed E-state index contributed by atoms with van der Waals surface area (Å²) in [4.78, 5) is 11.6. The number of aliphatic hydroxyl groups is 1. The molecule has 0 spiro atoms. The Morgan fingerprint density at radius 3 is 2.79 bits per heavy atom. The van der Waals surface area contributed by atoms with E-state index in [0.29, 0.717) is 13.0 Å². The third kappa shape index (κ3) is 5.04. The van der Waals surface area contributed by atoms with Crippen molar-refractivity contribution in [3.05, 3.63) is 29.0 Å². The van der Waals surface area contributed by atoms with Crippen molar-refractivity contribution in [3.8, 4) is 0 Å². The van der Waals surface area contributed by atoms with E-state index in [4.69, 9.17) is 16.7 Å². The zero-order valence-corrected chi connectivity index (χ0v) is 11.7. The second-order valence-corrected chi connectivity index (χ2v) is 5.45. The molecule has 6 heteroatoms. The van der Waals surface area contributed by atoms with Gasteiger partial charge in [-0.25, -0.2) is 9.18 Å². The minimum absolute atomic E-state index is 0.0324. The molecule has 0 atom stereocenters. The molecule has 4 nitrogen and oxygen atoms in total. The summed E-state index contributed by atoms with van der Waals surface area (Å²) in [5, 5.41) is 13.9. The first-order chi connectivity index (χ1) is 8.85. The van der Waals surface area contributed by atoms with E-state index >= 15 is 0 Å². The number of carbonyl (C=O) groups excluding carboxylic acids is 1. The van der Waals surface area contributed by atoms with Crippen LogP contribution in [0.3, 0.4) is 0 Å². The van der Waals surface area contributed by atoms with E-state index in [0.717, 1.165) is 0 Å². The molecule has 1 aromatic carbocycles. The summed E-state index contributed by atoms with van der Waals surface area (Å²) in [6.07, 6.45) is 0.568. The van der Waals surface area contributed by atoms with Crippen LogP contribution in [0.2, 0.25) is 5.02 Å². The number of aliphatic hydroxyl groups excluding tert-OH is 1. The number of nitrogens with one attached hydrogen (secondary N) is 2. The number of amides is 2. The zero-order chi connectivity index (χ0) is 14.5. The lowest BCUT2D eigenvalue weighted by Gasteiger charge is -2.23. The van der Waals surface area contributed by atoms with Crippen molar-refractivity contribution in [2.24, 2.45) is 5.41 Å². The van der Waals surface area contributed by atoms with Crippen molar-refractivity contribution < 1.29 is 14.3 Å². The fraction of sp³-hybridized carbons (Fsp3) is 0.462. The number of carbonyl (C=O) groups is 1. The van der Waals surface area contributed by atoms with Gasteiger partial charge in [0.15, 0.2) is 5.82 Å². The summed E-state index contributed by atoms with van der Waals surface area (Å²) >= 11 is 5.61. The van der Waals surface area contributed by atoms with Crippen LogP contribution in [0, 0.1) is 11.2 Å². The van der Waals surface area contributed by atoms with Crippen LogP contribution in [0.25, 0.3) is 0 Å². The van der Waals surface area contributed by atoms with E-state index in [1.807, 2.05) is 13.8 Å². The van der Waals surface area contributed by atoms with Gasteiger partial charge in [0.05, 0.1) is 10.7 Å². The number of rotatable bonds is 5. The van der Waals surface area contributed by atoms with Crippen molar-refractivity contribution in [3.63, 3.8) is 0 Å². The van der Waals surface area contributed by atoms with Crippen LogP contribution in [-0.2, 0) is 0 Å². The first kappa shape index (κ1) is 15.7. The predicted octanol–water partition coefficient (Wildman–Crippen LogP) is 3.01. The van der Waals surface area contributed by atoms with Crippen LogP contribution < -0.4 is 10.6 Å². The fourth-order valence-electron chi connectivity index (χ4n) is 1.48. The van der Waals surface area contributed by atoms with Gasteiger partial charge in [0.1, 0.15) is 0 Å². The van der Waals surface area contributed by atoms with Gasteiger partial charge >= 0.3 is 6.03 Å². The molecule has 0 bridgehead atoms. The van der Waals surface area contributed by atoms with E-state index in [-0.39, 0.29) is 22.7 Å². The van der Waals surface area contributed by atoms with E-state index in [2.05, 4.69) is 10.6 Å². The van der Waals surface area contributed by atoms with Gasteiger partial charge in [0.25, 0.3) is 0 Å². The van der Waals surface area contributed by atoms with Crippen molar-refractivity contribution in [2.75, 3.05) is 18.5 Å². The fourth-order valence-corrected chi connectivity index (χ4v) is 1.65. The van der Waals surface area contributed by atoms with Crippen molar-refractivity contribution in [1.29, 1.82) is 0 Å². The number of urea groups is 1. The Morgan fingerprint density at radius 1 is 1.47 bits per heavy atom. The van der Waals surface area contributed by atoms with Crippen LogP contribution in [0.1, 0.15) is 20.3 Å². The molecule has 19 heavy (non-hydrogen) atoms. The molecular formula is C13H18ClFN2O2. The monoisotopic (exact) mass is 288 g/mol. The van der Waals surface area contributed by atoms with Gasteiger partial charge in [-0.15, -0.1) is 0 Å². The molecule has 106 valence electrons. The highest BCUT2D eigenvalue weighted by atomic mass is 35.5. The summed E-state index contributed by atoms with van der Waals surface area (Å²) in [7, 11) is 0. The topological polar surface area (TPSA) is 61.4 Å². The van der Waals surface area contributed by atoms with Crippen LogP contribution in [0.5, 0.6) is 0 Å². The van der Waals surface area contributed by atoms with E-state index in [9.17, 15) is 9.18 Å². The summed E-state index contributed by atoms with van der Waals surface area (Å²) in [6, 6.07) is 3.88. The Hall–Kier alpha value is -1.33. The van der Waals surface area contributed by atoms with E-state index < -0.39 is 11.8 Å². The van der Waals surface area contributed by atoms with Crippen LogP contribution in [0.15, 0.2) is 18.2 Å². The smallest absolute Gasteiger partial charge is 0.319 e. The first-order valence-electron chi connectivity index (χ1n) is 5.95. The molecule has 0 aliphatic carbocycles. The molecule has 0 aliphatic heterocycles. The Balaban J connectivity index is 2.54. The van der Waals surface area contributed by atoms with Crippen molar-refractivity contribution in [1.82, 2.24) is 5.32 Å². The maximum atomic E-state index is 13.5. The molecule has 0 heterocycles. The summed E-state index contributed by atoms with van der Waals surface area (Å²) in [6.45, 7) is 4.27. The lowest BCUT2D eigenvalue weighted by atomic mass is 9.90. The van der Waals surface area contributed by atoms with E-state index in [1.165, 1.54) is 12.1 Å².